The first-order chi connectivity index (χ1) is 8.60. The van der Waals surface area contributed by atoms with E-state index in [1.165, 1.54) is 0 Å². The third-order valence-corrected chi connectivity index (χ3v) is 2.59. The van der Waals surface area contributed by atoms with Gasteiger partial charge >= 0.3 is 0 Å². The molecular formula is C14H20N2O2. The Bertz CT molecular complexity index is 424. The van der Waals surface area contributed by atoms with Gasteiger partial charge in [-0.1, -0.05) is 6.92 Å². The van der Waals surface area contributed by atoms with E-state index in [1.807, 2.05) is 32.0 Å². The van der Waals surface area contributed by atoms with Crippen LogP contribution in [0.25, 0.3) is 0 Å². The zero-order valence-electron chi connectivity index (χ0n) is 11.1. The molecule has 0 fully saturated rings. The minimum atomic E-state index is -0.426. The van der Waals surface area contributed by atoms with Crippen LogP contribution in [0.1, 0.15) is 25.8 Å². The molecule has 4 nitrogen and oxygen atoms in total. The summed E-state index contributed by atoms with van der Waals surface area (Å²) in [4.78, 5) is 0. The highest BCUT2D eigenvalue weighted by atomic mass is 16.5. The molecule has 0 amide bonds. The average Bonchev–Trinajstić information content (AvgIpc) is 2.36. The van der Waals surface area contributed by atoms with E-state index >= 15 is 0 Å². The highest BCUT2D eigenvalue weighted by Crippen LogP contribution is 2.26. The van der Waals surface area contributed by atoms with Crippen molar-refractivity contribution in [2.24, 2.45) is 5.73 Å². The van der Waals surface area contributed by atoms with E-state index in [0.29, 0.717) is 18.6 Å². The molecule has 0 spiro atoms. The Kier molecular flexibility index (Phi) is 5.47. The molecule has 0 saturated carbocycles. The van der Waals surface area contributed by atoms with E-state index in [0.717, 1.165) is 11.3 Å². The molecule has 1 aromatic rings. The summed E-state index contributed by atoms with van der Waals surface area (Å²) in [5.74, 6) is 1.48. The molecule has 1 aromatic carbocycles. The number of nitriles is 1. The Balaban J connectivity index is 2.98. The predicted molar refractivity (Wildman–Crippen MR) is 70.7 cm³/mol. The van der Waals surface area contributed by atoms with Gasteiger partial charge in [-0.15, -0.1) is 0 Å². The van der Waals surface area contributed by atoms with Crippen LogP contribution >= 0.6 is 0 Å². The molecule has 0 heterocycles. The molecule has 1 rings (SSSR count). The second-order valence-corrected chi connectivity index (χ2v) is 4.30. The first-order valence-electron chi connectivity index (χ1n) is 6.09. The summed E-state index contributed by atoms with van der Waals surface area (Å²) in [6, 6.07) is 7.71. The highest BCUT2D eigenvalue weighted by molar-refractivity contribution is 5.41. The molecule has 0 bridgehead atoms. The van der Waals surface area contributed by atoms with E-state index in [9.17, 15) is 0 Å². The average molecular weight is 248 g/mol. The lowest BCUT2D eigenvalue weighted by molar-refractivity contribution is 0.248. The summed E-state index contributed by atoms with van der Waals surface area (Å²) in [6.07, 6.45) is 0.916. The zero-order chi connectivity index (χ0) is 13.5. The Morgan fingerprint density at radius 3 is 2.67 bits per heavy atom. The van der Waals surface area contributed by atoms with Gasteiger partial charge < -0.3 is 15.2 Å². The van der Waals surface area contributed by atoms with Crippen molar-refractivity contribution >= 4 is 0 Å². The molecule has 0 aliphatic heterocycles. The molecule has 4 heteroatoms. The number of hydrogen-bond acceptors (Lipinski definition) is 4. The minimum Gasteiger partial charge on any atom is -0.497 e. The Hall–Kier alpha value is -1.73. The Morgan fingerprint density at radius 1 is 1.44 bits per heavy atom. The molecule has 0 aromatic heterocycles. The molecule has 2 atom stereocenters. The van der Waals surface area contributed by atoms with E-state index in [1.54, 1.807) is 7.11 Å². The Morgan fingerprint density at radius 2 is 2.17 bits per heavy atom. The number of nitrogens with zero attached hydrogens (tertiary/aromatic N) is 1. The van der Waals surface area contributed by atoms with Gasteiger partial charge in [0.15, 0.2) is 6.10 Å². The van der Waals surface area contributed by atoms with Crippen LogP contribution in [0.5, 0.6) is 11.5 Å². The third kappa shape index (κ3) is 3.94. The first-order valence-corrected chi connectivity index (χ1v) is 6.09. The quantitative estimate of drug-likeness (QED) is 0.838. The lowest BCUT2D eigenvalue weighted by Gasteiger charge is -2.16. The lowest BCUT2D eigenvalue weighted by atomic mass is 10.1. The maximum Gasteiger partial charge on any atom is 0.184 e. The van der Waals surface area contributed by atoms with Gasteiger partial charge in [0.2, 0.25) is 0 Å². The van der Waals surface area contributed by atoms with E-state index in [-0.39, 0.29) is 6.04 Å². The van der Waals surface area contributed by atoms with Crippen molar-refractivity contribution in [3.63, 3.8) is 0 Å². The van der Waals surface area contributed by atoms with Crippen LogP contribution in [0, 0.1) is 11.3 Å². The summed E-state index contributed by atoms with van der Waals surface area (Å²) in [7, 11) is 1.62. The molecule has 98 valence electrons. The second-order valence-electron chi connectivity index (χ2n) is 4.30. The molecule has 18 heavy (non-hydrogen) atoms. The smallest absolute Gasteiger partial charge is 0.184 e. The summed E-state index contributed by atoms with van der Waals surface area (Å²) < 4.78 is 10.9. The summed E-state index contributed by atoms with van der Waals surface area (Å²) in [5.41, 5.74) is 6.79. The van der Waals surface area contributed by atoms with Crippen LogP contribution in [0.4, 0.5) is 0 Å². The first kappa shape index (κ1) is 14.3. The highest BCUT2D eigenvalue weighted by Gasteiger charge is 2.12. The van der Waals surface area contributed by atoms with Gasteiger partial charge in [0, 0.05) is 6.04 Å². The number of ether oxygens (including phenoxy) is 2. The number of benzene rings is 1. The van der Waals surface area contributed by atoms with Crippen LogP contribution < -0.4 is 15.2 Å². The molecule has 0 aliphatic rings. The monoisotopic (exact) mass is 248 g/mol. The van der Waals surface area contributed by atoms with Crippen molar-refractivity contribution in [2.45, 2.75) is 38.8 Å². The number of nitrogens with two attached hydrogens (primary N) is 1. The van der Waals surface area contributed by atoms with Crippen LogP contribution in [0.2, 0.25) is 0 Å². The fourth-order valence-corrected chi connectivity index (χ4v) is 1.66. The Labute approximate surface area is 108 Å². The van der Waals surface area contributed by atoms with Crippen LogP contribution in [0.3, 0.4) is 0 Å². The second kappa shape index (κ2) is 6.87. The van der Waals surface area contributed by atoms with Gasteiger partial charge in [-0.3, -0.25) is 0 Å². The molecule has 0 radical (unpaired) electrons. The lowest BCUT2D eigenvalue weighted by Crippen LogP contribution is -2.20. The van der Waals surface area contributed by atoms with E-state index in [2.05, 4.69) is 6.07 Å². The van der Waals surface area contributed by atoms with Gasteiger partial charge in [-0.25, -0.2) is 0 Å². The van der Waals surface area contributed by atoms with Crippen molar-refractivity contribution in [3.8, 4) is 17.6 Å². The van der Waals surface area contributed by atoms with Crippen LogP contribution in [-0.4, -0.2) is 19.3 Å². The van der Waals surface area contributed by atoms with Crippen molar-refractivity contribution in [1.82, 2.24) is 0 Å². The van der Waals surface area contributed by atoms with Gasteiger partial charge in [0.25, 0.3) is 0 Å². The van der Waals surface area contributed by atoms with Gasteiger partial charge in [0.05, 0.1) is 7.11 Å². The normalized spacial score (nSPS) is 13.5. The topological polar surface area (TPSA) is 68.3 Å². The summed E-state index contributed by atoms with van der Waals surface area (Å²) in [6.45, 7) is 3.85. The van der Waals surface area contributed by atoms with Gasteiger partial charge in [-0.2, -0.15) is 5.26 Å². The number of hydrogen-bond donors (Lipinski definition) is 1. The third-order valence-electron chi connectivity index (χ3n) is 2.59. The molecule has 2 unspecified atom stereocenters. The van der Waals surface area contributed by atoms with Crippen molar-refractivity contribution in [3.05, 3.63) is 23.8 Å². The van der Waals surface area contributed by atoms with Crippen LogP contribution in [0.15, 0.2) is 18.2 Å². The fraction of sp³-hybridized carbons (Fsp3) is 0.500. The fourth-order valence-electron chi connectivity index (χ4n) is 1.66. The van der Waals surface area contributed by atoms with E-state index in [4.69, 9.17) is 20.5 Å². The van der Waals surface area contributed by atoms with Gasteiger partial charge in [-0.05, 0) is 43.5 Å². The molecule has 2 N–H and O–H groups in total. The number of methoxy groups -OCH3 is 1. The summed E-state index contributed by atoms with van der Waals surface area (Å²) in [5, 5.41) is 8.94. The maximum atomic E-state index is 8.94. The zero-order valence-corrected chi connectivity index (χ0v) is 11.1. The largest absolute Gasteiger partial charge is 0.497 e. The maximum absolute atomic E-state index is 8.94. The predicted octanol–water partition coefficient (Wildman–Crippen LogP) is 2.27. The molecular weight excluding hydrogens is 228 g/mol. The van der Waals surface area contributed by atoms with Crippen molar-refractivity contribution in [2.75, 3.05) is 7.11 Å². The molecule has 0 aliphatic carbocycles. The van der Waals surface area contributed by atoms with Crippen LogP contribution in [-0.2, 0) is 6.42 Å². The van der Waals surface area contributed by atoms with Crippen molar-refractivity contribution in [1.29, 1.82) is 5.26 Å². The SMILES string of the molecule is CCC(C#N)Oc1ccc(OC)cc1CC(C)N. The summed E-state index contributed by atoms with van der Waals surface area (Å²) >= 11 is 0. The number of rotatable bonds is 6. The standard InChI is InChI=1S/C14H20N2O2/c1-4-12(9-15)18-14-6-5-13(17-3)8-11(14)7-10(2)16/h5-6,8,10,12H,4,7,16H2,1-3H3. The van der Waals surface area contributed by atoms with Gasteiger partial charge in [0.1, 0.15) is 17.6 Å². The van der Waals surface area contributed by atoms with Crippen molar-refractivity contribution < 1.29 is 9.47 Å². The minimum absolute atomic E-state index is 0.0293. The van der Waals surface area contributed by atoms with E-state index < -0.39 is 6.10 Å². The molecule has 0 saturated heterocycles.